The molecule has 3 N–H and O–H groups in total. The quantitative estimate of drug-likeness (QED) is 0.779. The summed E-state index contributed by atoms with van der Waals surface area (Å²) in [6, 6.07) is 14.3. The Bertz CT molecular complexity index is 774. The van der Waals surface area contributed by atoms with Gasteiger partial charge in [0, 0.05) is 30.9 Å². The summed E-state index contributed by atoms with van der Waals surface area (Å²) >= 11 is 0. The number of hydrogen-bond donors (Lipinski definition) is 3. The molecule has 2 aromatic rings. The first-order chi connectivity index (χ1) is 12.0. The topological polar surface area (TPSA) is 81.7 Å². The molecule has 6 nitrogen and oxygen atoms in total. The van der Waals surface area contributed by atoms with Gasteiger partial charge in [-0.3, -0.25) is 9.69 Å². The van der Waals surface area contributed by atoms with Crippen LogP contribution < -0.4 is 15.5 Å². The normalized spacial score (nSPS) is 15.0. The first kappa shape index (κ1) is 17.0. The van der Waals surface area contributed by atoms with Gasteiger partial charge in [-0.2, -0.15) is 0 Å². The lowest BCUT2D eigenvalue weighted by Gasteiger charge is -2.16. The average molecular weight is 339 g/mol. The fourth-order valence-corrected chi connectivity index (χ4v) is 2.73. The standard InChI is InChI=1S/C19H21N3O3/c1-13-5-7-14(8-6-13)17(23)12-21-18(24)15-3-2-4-16(11-15)22-10-9-20-19(22)25/h2-8,11,17,23H,9-10,12H2,1H3,(H,20,25)(H,21,24)/t17-/m1/s1. The van der Waals surface area contributed by atoms with Gasteiger partial charge in [0.25, 0.3) is 5.91 Å². The Morgan fingerprint density at radius 1 is 1.28 bits per heavy atom. The monoisotopic (exact) mass is 339 g/mol. The highest BCUT2D eigenvalue weighted by molar-refractivity contribution is 5.98. The van der Waals surface area contributed by atoms with Crippen molar-refractivity contribution in [2.75, 3.05) is 24.5 Å². The minimum absolute atomic E-state index is 0.121. The van der Waals surface area contributed by atoms with E-state index in [1.807, 2.05) is 31.2 Å². The van der Waals surface area contributed by atoms with Crippen molar-refractivity contribution in [3.8, 4) is 0 Å². The first-order valence-electron chi connectivity index (χ1n) is 8.23. The number of aliphatic hydroxyl groups is 1. The second-order valence-electron chi connectivity index (χ2n) is 6.07. The molecule has 6 heteroatoms. The fourth-order valence-electron chi connectivity index (χ4n) is 2.73. The third-order valence-electron chi connectivity index (χ3n) is 4.19. The highest BCUT2D eigenvalue weighted by Crippen LogP contribution is 2.18. The van der Waals surface area contributed by atoms with E-state index in [9.17, 15) is 14.7 Å². The molecule has 3 rings (SSSR count). The van der Waals surface area contributed by atoms with E-state index in [0.29, 0.717) is 24.3 Å². The Morgan fingerprint density at radius 3 is 2.72 bits per heavy atom. The molecule has 1 aliphatic rings. The molecule has 2 aromatic carbocycles. The number of urea groups is 1. The van der Waals surface area contributed by atoms with Crippen LogP contribution in [0, 0.1) is 6.92 Å². The molecule has 0 unspecified atom stereocenters. The summed E-state index contributed by atoms with van der Waals surface area (Å²) in [5.41, 5.74) is 3.01. The molecule has 0 aliphatic carbocycles. The van der Waals surface area contributed by atoms with E-state index in [1.165, 1.54) is 0 Å². The molecule has 1 fully saturated rings. The molecule has 1 atom stereocenters. The Morgan fingerprint density at radius 2 is 2.04 bits per heavy atom. The van der Waals surface area contributed by atoms with Crippen molar-refractivity contribution in [1.29, 1.82) is 0 Å². The second-order valence-corrected chi connectivity index (χ2v) is 6.07. The van der Waals surface area contributed by atoms with E-state index >= 15 is 0 Å². The van der Waals surface area contributed by atoms with Crippen molar-refractivity contribution >= 4 is 17.6 Å². The number of anilines is 1. The second kappa shape index (κ2) is 7.36. The van der Waals surface area contributed by atoms with Crippen LogP contribution in [0.25, 0.3) is 0 Å². The number of benzene rings is 2. The van der Waals surface area contributed by atoms with E-state index in [0.717, 1.165) is 11.1 Å². The van der Waals surface area contributed by atoms with Gasteiger partial charge in [0.2, 0.25) is 0 Å². The number of aliphatic hydroxyl groups excluding tert-OH is 1. The lowest BCUT2D eigenvalue weighted by molar-refractivity contribution is 0.0916. The third-order valence-corrected chi connectivity index (χ3v) is 4.19. The molecular formula is C19H21N3O3. The van der Waals surface area contributed by atoms with Crippen molar-refractivity contribution in [3.05, 3.63) is 65.2 Å². The lowest BCUT2D eigenvalue weighted by Crippen LogP contribution is -2.30. The molecule has 3 amide bonds. The average Bonchev–Trinajstić information content (AvgIpc) is 3.06. The lowest BCUT2D eigenvalue weighted by atomic mass is 10.1. The van der Waals surface area contributed by atoms with Gasteiger partial charge in [-0.15, -0.1) is 0 Å². The zero-order valence-corrected chi connectivity index (χ0v) is 14.0. The molecular weight excluding hydrogens is 318 g/mol. The van der Waals surface area contributed by atoms with E-state index < -0.39 is 6.10 Å². The summed E-state index contributed by atoms with van der Waals surface area (Å²) in [7, 11) is 0. The third kappa shape index (κ3) is 3.97. The summed E-state index contributed by atoms with van der Waals surface area (Å²) in [5.74, 6) is -0.285. The van der Waals surface area contributed by atoms with Crippen LogP contribution in [0.2, 0.25) is 0 Å². The minimum atomic E-state index is -0.767. The Balaban J connectivity index is 1.63. The number of nitrogens with zero attached hydrogens (tertiary/aromatic N) is 1. The van der Waals surface area contributed by atoms with E-state index in [1.54, 1.807) is 29.2 Å². The SMILES string of the molecule is Cc1ccc([C@H](O)CNC(=O)c2cccc(N3CCNC3=O)c2)cc1. The molecule has 0 bridgehead atoms. The van der Waals surface area contributed by atoms with Gasteiger partial charge in [0.1, 0.15) is 0 Å². The van der Waals surface area contributed by atoms with Gasteiger partial charge in [-0.1, -0.05) is 35.9 Å². The Hall–Kier alpha value is -2.86. The van der Waals surface area contributed by atoms with Gasteiger partial charge in [-0.25, -0.2) is 4.79 Å². The van der Waals surface area contributed by atoms with Crippen LogP contribution in [0.3, 0.4) is 0 Å². The van der Waals surface area contributed by atoms with Crippen molar-refractivity contribution in [2.24, 2.45) is 0 Å². The maximum atomic E-state index is 12.3. The maximum absolute atomic E-state index is 12.3. The molecule has 1 saturated heterocycles. The van der Waals surface area contributed by atoms with Crippen LogP contribution >= 0.6 is 0 Å². The first-order valence-corrected chi connectivity index (χ1v) is 8.23. The van der Waals surface area contributed by atoms with Gasteiger partial charge in [0.15, 0.2) is 0 Å². The van der Waals surface area contributed by atoms with Crippen LogP contribution in [-0.4, -0.2) is 36.7 Å². The summed E-state index contributed by atoms with van der Waals surface area (Å²) in [5, 5.41) is 15.7. The van der Waals surface area contributed by atoms with Crippen LogP contribution in [0.4, 0.5) is 10.5 Å². The summed E-state index contributed by atoms with van der Waals surface area (Å²) in [6.45, 7) is 3.27. The van der Waals surface area contributed by atoms with Crippen molar-refractivity contribution in [1.82, 2.24) is 10.6 Å². The zero-order chi connectivity index (χ0) is 17.8. The number of carbonyl (C=O) groups is 2. The van der Waals surface area contributed by atoms with E-state index in [-0.39, 0.29) is 18.5 Å². The number of nitrogens with one attached hydrogen (secondary N) is 2. The maximum Gasteiger partial charge on any atom is 0.321 e. The molecule has 0 aromatic heterocycles. The molecule has 0 radical (unpaired) electrons. The highest BCUT2D eigenvalue weighted by Gasteiger charge is 2.21. The molecule has 1 heterocycles. The van der Waals surface area contributed by atoms with Gasteiger partial charge >= 0.3 is 6.03 Å². The van der Waals surface area contributed by atoms with E-state index in [2.05, 4.69) is 10.6 Å². The largest absolute Gasteiger partial charge is 0.387 e. The van der Waals surface area contributed by atoms with Crippen molar-refractivity contribution < 1.29 is 14.7 Å². The summed E-state index contributed by atoms with van der Waals surface area (Å²) in [6.07, 6.45) is -0.767. The van der Waals surface area contributed by atoms with Crippen molar-refractivity contribution in [2.45, 2.75) is 13.0 Å². The number of carbonyl (C=O) groups excluding carboxylic acids is 2. The molecule has 25 heavy (non-hydrogen) atoms. The van der Waals surface area contributed by atoms with Gasteiger partial charge in [0.05, 0.1) is 6.10 Å². The number of amides is 3. The Kier molecular flexibility index (Phi) is 5.00. The van der Waals surface area contributed by atoms with Crippen LogP contribution in [-0.2, 0) is 0 Å². The number of aryl methyl sites for hydroxylation is 1. The molecule has 0 saturated carbocycles. The Labute approximate surface area is 146 Å². The molecule has 130 valence electrons. The van der Waals surface area contributed by atoms with Crippen LogP contribution in [0.5, 0.6) is 0 Å². The summed E-state index contributed by atoms with van der Waals surface area (Å²) in [4.78, 5) is 25.7. The molecule has 0 spiro atoms. The number of hydrogen-bond acceptors (Lipinski definition) is 3. The van der Waals surface area contributed by atoms with Gasteiger partial charge < -0.3 is 15.7 Å². The summed E-state index contributed by atoms with van der Waals surface area (Å²) < 4.78 is 0. The van der Waals surface area contributed by atoms with Gasteiger partial charge in [-0.05, 0) is 30.7 Å². The minimum Gasteiger partial charge on any atom is -0.387 e. The molecule has 1 aliphatic heterocycles. The number of rotatable bonds is 5. The smallest absolute Gasteiger partial charge is 0.321 e. The zero-order valence-electron chi connectivity index (χ0n) is 14.0. The van der Waals surface area contributed by atoms with Crippen molar-refractivity contribution in [3.63, 3.8) is 0 Å². The predicted molar refractivity (Wildman–Crippen MR) is 95.7 cm³/mol. The predicted octanol–water partition coefficient (Wildman–Crippen LogP) is 1.99. The van der Waals surface area contributed by atoms with Crippen LogP contribution in [0.15, 0.2) is 48.5 Å². The highest BCUT2D eigenvalue weighted by atomic mass is 16.3. The van der Waals surface area contributed by atoms with Crippen LogP contribution in [0.1, 0.15) is 27.6 Å². The van der Waals surface area contributed by atoms with E-state index in [4.69, 9.17) is 0 Å². The fraction of sp³-hybridized carbons (Fsp3) is 0.263.